The number of nitrogens with one attached hydrogen (secondary N) is 1. The molecule has 0 bridgehead atoms. The van der Waals surface area contributed by atoms with Crippen LogP contribution in [0.2, 0.25) is 0 Å². The highest BCUT2D eigenvalue weighted by atomic mass is 16.5. The summed E-state index contributed by atoms with van der Waals surface area (Å²) in [6, 6.07) is 25.0. The third kappa shape index (κ3) is 6.99. The first kappa shape index (κ1) is 29.3. The number of fused-ring (bicyclic) bond motifs is 3. The van der Waals surface area contributed by atoms with Crippen LogP contribution in [-0.4, -0.2) is 59.8 Å². The summed E-state index contributed by atoms with van der Waals surface area (Å²) >= 11 is 0. The van der Waals surface area contributed by atoms with Gasteiger partial charge in [-0.15, -0.1) is 0 Å². The highest BCUT2D eigenvalue weighted by Gasteiger charge is 2.35. The van der Waals surface area contributed by atoms with Crippen molar-refractivity contribution in [2.24, 2.45) is 5.92 Å². The number of carboxylic acid groups (broad SMARTS) is 1. The molecule has 1 aliphatic carbocycles. The van der Waals surface area contributed by atoms with Gasteiger partial charge >= 0.3 is 12.1 Å². The van der Waals surface area contributed by atoms with Crippen molar-refractivity contribution in [1.82, 2.24) is 10.2 Å². The summed E-state index contributed by atoms with van der Waals surface area (Å²) in [6.07, 6.45) is 0.931. The maximum atomic E-state index is 13.7. The average Bonchev–Trinajstić information content (AvgIpc) is 3.34. The van der Waals surface area contributed by atoms with Crippen LogP contribution >= 0.6 is 0 Å². The molecule has 3 aromatic carbocycles. The second kappa shape index (κ2) is 13.7. The van der Waals surface area contributed by atoms with E-state index in [1.165, 1.54) is 0 Å². The molecule has 0 aromatic heterocycles. The molecule has 2 unspecified atom stereocenters. The van der Waals surface area contributed by atoms with Gasteiger partial charge in [0.25, 0.3) is 0 Å². The number of ether oxygens (including phenoxy) is 2. The van der Waals surface area contributed by atoms with Crippen molar-refractivity contribution in [3.8, 4) is 11.1 Å². The number of amides is 2. The Hall–Kier alpha value is -4.17. The second-order valence-electron chi connectivity index (χ2n) is 11.2. The van der Waals surface area contributed by atoms with Gasteiger partial charge in [-0.25, -0.2) is 4.79 Å². The van der Waals surface area contributed by atoms with E-state index in [4.69, 9.17) is 14.6 Å². The first-order valence-electron chi connectivity index (χ1n) is 14.7. The van der Waals surface area contributed by atoms with E-state index in [1.807, 2.05) is 54.6 Å². The largest absolute Gasteiger partial charge is 0.481 e. The minimum absolute atomic E-state index is 0.0890. The Bertz CT molecular complexity index is 1340. The van der Waals surface area contributed by atoms with E-state index < -0.39 is 24.2 Å². The molecular weight excluding hydrogens is 532 g/mol. The van der Waals surface area contributed by atoms with Gasteiger partial charge in [0.05, 0.1) is 12.7 Å². The number of aliphatic carboxylic acids is 1. The van der Waals surface area contributed by atoms with Gasteiger partial charge in [-0.1, -0.05) is 78.9 Å². The van der Waals surface area contributed by atoms with Crippen molar-refractivity contribution < 1.29 is 29.0 Å². The molecule has 8 nitrogen and oxygen atoms in total. The minimum Gasteiger partial charge on any atom is -0.481 e. The fourth-order valence-electron chi connectivity index (χ4n) is 6.01. The number of carboxylic acids is 1. The molecular formula is C34H38N2O6. The van der Waals surface area contributed by atoms with Crippen LogP contribution in [0.4, 0.5) is 4.79 Å². The maximum absolute atomic E-state index is 13.7. The number of carbonyl (C=O) groups is 3. The van der Waals surface area contributed by atoms with Crippen LogP contribution in [0.25, 0.3) is 11.1 Å². The Morgan fingerprint density at radius 3 is 2.12 bits per heavy atom. The topological polar surface area (TPSA) is 105 Å². The van der Waals surface area contributed by atoms with E-state index in [2.05, 4.69) is 29.6 Å². The molecule has 1 aliphatic heterocycles. The lowest BCUT2D eigenvalue weighted by Gasteiger charge is -2.35. The molecule has 220 valence electrons. The molecule has 1 fully saturated rings. The summed E-state index contributed by atoms with van der Waals surface area (Å²) in [5.41, 5.74) is 5.49. The smallest absolute Gasteiger partial charge is 0.407 e. The fraction of sp³-hybridized carbons (Fsp3) is 0.382. The van der Waals surface area contributed by atoms with Crippen LogP contribution in [0.1, 0.15) is 55.2 Å². The predicted octanol–water partition coefficient (Wildman–Crippen LogP) is 5.60. The quantitative estimate of drug-likeness (QED) is 0.311. The number of rotatable bonds is 11. The number of hydrogen-bond donors (Lipinski definition) is 2. The van der Waals surface area contributed by atoms with Gasteiger partial charge in [0, 0.05) is 25.4 Å². The molecule has 5 rings (SSSR count). The molecule has 0 saturated carbocycles. The lowest BCUT2D eigenvalue weighted by molar-refractivity contribution is -0.140. The molecule has 2 aliphatic rings. The zero-order chi connectivity index (χ0) is 29.5. The first-order valence-corrected chi connectivity index (χ1v) is 14.7. The van der Waals surface area contributed by atoms with Gasteiger partial charge in [-0.2, -0.15) is 0 Å². The van der Waals surface area contributed by atoms with Crippen molar-refractivity contribution in [1.29, 1.82) is 0 Å². The van der Waals surface area contributed by atoms with Crippen LogP contribution in [0.15, 0.2) is 78.9 Å². The maximum Gasteiger partial charge on any atom is 0.407 e. The third-order valence-corrected chi connectivity index (χ3v) is 8.40. The number of likely N-dealkylation sites (tertiary alicyclic amines) is 1. The highest BCUT2D eigenvalue weighted by molar-refractivity contribution is 5.86. The SMILES string of the molecule is CC(OCc1ccccc1)C(NC(=O)OCC1c2ccccc2-c2ccccc21)C(=O)N1CCC(CCC(=O)O)CC1. The molecule has 2 atom stereocenters. The van der Waals surface area contributed by atoms with Crippen LogP contribution in [0, 0.1) is 5.92 Å². The monoisotopic (exact) mass is 570 g/mol. The van der Waals surface area contributed by atoms with Gasteiger partial charge in [-0.05, 0) is 59.9 Å². The molecule has 0 spiro atoms. The minimum atomic E-state index is -0.931. The van der Waals surface area contributed by atoms with Crippen LogP contribution in [-0.2, 0) is 25.7 Å². The van der Waals surface area contributed by atoms with E-state index in [1.54, 1.807) is 11.8 Å². The molecule has 42 heavy (non-hydrogen) atoms. The number of nitrogens with zero attached hydrogens (tertiary/aromatic N) is 1. The molecule has 1 heterocycles. The average molecular weight is 571 g/mol. The number of carbonyl (C=O) groups excluding carboxylic acids is 2. The summed E-state index contributed by atoms with van der Waals surface area (Å²) in [5, 5.41) is 11.8. The van der Waals surface area contributed by atoms with Crippen molar-refractivity contribution >= 4 is 18.0 Å². The predicted molar refractivity (Wildman–Crippen MR) is 159 cm³/mol. The van der Waals surface area contributed by atoms with Gasteiger partial charge in [-0.3, -0.25) is 9.59 Å². The summed E-state index contributed by atoms with van der Waals surface area (Å²) < 4.78 is 11.8. The zero-order valence-corrected chi connectivity index (χ0v) is 23.9. The standard InChI is InChI=1S/C34H38N2O6/c1-23(41-21-25-9-3-2-4-10-25)32(33(39)36-19-17-24(18-20-36)15-16-31(37)38)35-34(40)42-22-30-28-13-7-5-11-26(28)27-12-6-8-14-29(27)30/h2-14,23-24,30,32H,15-22H2,1H3,(H,35,40)(H,37,38). The Labute approximate surface area is 246 Å². The molecule has 2 amide bonds. The molecule has 1 saturated heterocycles. The van der Waals surface area contributed by atoms with Crippen LogP contribution in [0.3, 0.4) is 0 Å². The van der Waals surface area contributed by atoms with Gasteiger partial charge in [0.1, 0.15) is 12.6 Å². The summed E-state index contributed by atoms with van der Waals surface area (Å²) in [6.45, 7) is 3.26. The van der Waals surface area contributed by atoms with Crippen molar-refractivity contribution in [2.45, 2.75) is 57.3 Å². The van der Waals surface area contributed by atoms with E-state index in [0.29, 0.717) is 26.1 Å². The summed E-state index contributed by atoms with van der Waals surface area (Å²) in [5.74, 6) is -0.842. The van der Waals surface area contributed by atoms with E-state index in [9.17, 15) is 14.4 Å². The second-order valence-corrected chi connectivity index (χ2v) is 11.2. The van der Waals surface area contributed by atoms with E-state index in [0.717, 1.165) is 40.7 Å². The van der Waals surface area contributed by atoms with Crippen LogP contribution in [0.5, 0.6) is 0 Å². The van der Waals surface area contributed by atoms with Gasteiger partial charge in [0.2, 0.25) is 5.91 Å². The van der Waals surface area contributed by atoms with Crippen LogP contribution < -0.4 is 5.32 Å². The molecule has 3 aromatic rings. The number of alkyl carbamates (subject to hydrolysis) is 1. The number of benzene rings is 3. The summed E-state index contributed by atoms with van der Waals surface area (Å²) in [7, 11) is 0. The first-order chi connectivity index (χ1) is 20.4. The lowest BCUT2D eigenvalue weighted by atomic mass is 9.91. The van der Waals surface area contributed by atoms with Crippen molar-refractivity contribution in [3.63, 3.8) is 0 Å². The zero-order valence-electron chi connectivity index (χ0n) is 23.9. The van der Waals surface area contributed by atoms with Gasteiger partial charge in [0.15, 0.2) is 0 Å². The fourth-order valence-corrected chi connectivity index (χ4v) is 6.01. The number of hydrogen-bond acceptors (Lipinski definition) is 5. The molecule has 2 N–H and O–H groups in total. The summed E-state index contributed by atoms with van der Waals surface area (Å²) in [4.78, 5) is 39.6. The van der Waals surface area contributed by atoms with Crippen molar-refractivity contribution in [3.05, 3.63) is 95.6 Å². The molecule has 0 radical (unpaired) electrons. The Morgan fingerprint density at radius 1 is 0.905 bits per heavy atom. The van der Waals surface area contributed by atoms with Gasteiger partial charge < -0.3 is 24.8 Å². The Kier molecular flexibility index (Phi) is 9.54. The Balaban J connectivity index is 1.24. The molecule has 8 heteroatoms. The van der Waals surface area contributed by atoms with E-state index in [-0.39, 0.29) is 30.8 Å². The highest BCUT2D eigenvalue weighted by Crippen LogP contribution is 2.44. The van der Waals surface area contributed by atoms with E-state index >= 15 is 0 Å². The number of piperidine rings is 1. The van der Waals surface area contributed by atoms with Crippen molar-refractivity contribution in [2.75, 3.05) is 19.7 Å². The Morgan fingerprint density at radius 2 is 1.50 bits per heavy atom. The lowest BCUT2D eigenvalue weighted by Crippen LogP contribution is -2.55. The normalized spacial score (nSPS) is 16.3. The third-order valence-electron chi connectivity index (χ3n) is 8.40.